The van der Waals surface area contributed by atoms with Crippen LogP contribution in [0.15, 0.2) is 36.7 Å². The molecule has 16 heteroatoms. The second-order valence-corrected chi connectivity index (χ2v) is 10.5. The van der Waals surface area contributed by atoms with E-state index in [4.69, 9.17) is 24.3 Å². The molecule has 1 aromatic carbocycles. The minimum atomic E-state index is -4.25. The van der Waals surface area contributed by atoms with Gasteiger partial charge < -0.3 is 29.9 Å². The number of nitrogens with two attached hydrogens (primary N) is 1. The van der Waals surface area contributed by atoms with Gasteiger partial charge in [0.25, 0.3) is 0 Å². The molecule has 2 aromatic heterocycles. The van der Waals surface area contributed by atoms with Crippen LogP contribution in [0.3, 0.4) is 0 Å². The molecule has 38 heavy (non-hydrogen) atoms. The first kappa shape index (κ1) is 27.8. The standard InChI is InChI=1S/C22H28FN6O8P/c1-11(2)35-21(32)12(3)28-38(33,37-13-7-5-4-6-8-13)34-9-14-16(30)17(31)20(36-14)29-10-25-15-18(24)26-22(23)27-19(15)29/h4-8,10-12,14,16-17,20,30-31H,9H2,1-3H3,(H,28,33)(H2,24,26,27). The van der Waals surface area contributed by atoms with E-state index in [2.05, 4.69) is 20.0 Å². The van der Waals surface area contributed by atoms with Gasteiger partial charge in [0.15, 0.2) is 23.2 Å². The van der Waals surface area contributed by atoms with E-state index in [1.807, 2.05) is 0 Å². The maximum atomic E-state index is 13.8. The summed E-state index contributed by atoms with van der Waals surface area (Å²) in [5, 5.41) is 23.8. The molecular weight excluding hydrogens is 526 g/mol. The molecule has 0 radical (unpaired) electrons. The number of hydrogen-bond donors (Lipinski definition) is 4. The van der Waals surface area contributed by atoms with E-state index < -0.39 is 63.1 Å². The van der Waals surface area contributed by atoms with Gasteiger partial charge in [-0.25, -0.2) is 9.55 Å². The largest absolute Gasteiger partial charge is 0.462 e. The highest BCUT2D eigenvalue weighted by Gasteiger charge is 2.46. The van der Waals surface area contributed by atoms with E-state index in [-0.39, 0.29) is 22.7 Å². The number of ether oxygens (including phenoxy) is 2. The van der Waals surface area contributed by atoms with Gasteiger partial charge in [0.05, 0.1) is 19.0 Å². The minimum absolute atomic E-state index is 0.0648. The lowest BCUT2D eigenvalue weighted by molar-refractivity contribution is -0.149. The molecule has 5 N–H and O–H groups in total. The molecule has 0 bridgehead atoms. The van der Waals surface area contributed by atoms with Crippen molar-refractivity contribution in [2.24, 2.45) is 0 Å². The number of hydrogen-bond acceptors (Lipinski definition) is 12. The maximum Gasteiger partial charge on any atom is 0.459 e. The predicted molar refractivity (Wildman–Crippen MR) is 130 cm³/mol. The van der Waals surface area contributed by atoms with E-state index in [0.29, 0.717) is 0 Å². The number of aliphatic hydroxyl groups excluding tert-OH is 2. The van der Waals surface area contributed by atoms with Crippen molar-refractivity contribution in [3.8, 4) is 5.75 Å². The summed E-state index contributed by atoms with van der Waals surface area (Å²) in [5.74, 6) is -0.717. The van der Waals surface area contributed by atoms with Gasteiger partial charge in [-0.15, -0.1) is 0 Å². The minimum Gasteiger partial charge on any atom is -0.462 e. The average Bonchev–Trinajstić information content (AvgIpc) is 3.39. The van der Waals surface area contributed by atoms with Gasteiger partial charge in [0, 0.05) is 0 Å². The molecule has 6 unspecified atom stereocenters. The highest BCUT2D eigenvalue weighted by molar-refractivity contribution is 7.52. The topological polar surface area (TPSA) is 193 Å². The zero-order valence-electron chi connectivity index (χ0n) is 20.7. The third kappa shape index (κ3) is 6.09. The SMILES string of the molecule is CC(C)OC(=O)C(C)NP(=O)(OCC1OC(n2cnc3c(N)nc(F)nc32)C(O)C1O)Oc1ccccc1. The summed E-state index contributed by atoms with van der Waals surface area (Å²) in [4.78, 5) is 23.4. The zero-order chi connectivity index (χ0) is 27.6. The molecule has 1 fully saturated rings. The zero-order valence-corrected chi connectivity index (χ0v) is 21.6. The van der Waals surface area contributed by atoms with Gasteiger partial charge in [0.2, 0.25) is 0 Å². The van der Waals surface area contributed by atoms with Crippen molar-refractivity contribution < 1.29 is 42.5 Å². The van der Waals surface area contributed by atoms with Crippen LogP contribution >= 0.6 is 7.75 Å². The third-order valence-corrected chi connectivity index (χ3v) is 7.11. The second-order valence-electron chi connectivity index (χ2n) is 8.78. The van der Waals surface area contributed by atoms with Gasteiger partial charge in [-0.1, -0.05) is 18.2 Å². The number of rotatable bonds is 10. The van der Waals surface area contributed by atoms with Gasteiger partial charge in [-0.3, -0.25) is 13.9 Å². The summed E-state index contributed by atoms with van der Waals surface area (Å²) in [7, 11) is -4.25. The fourth-order valence-corrected chi connectivity index (χ4v) is 5.20. The van der Waals surface area contributed by atoms with Crippen molar-refractivity contribution in [3.05, 3.63) is 42.7 Å². The van der Waals surface area contributed by atoms with Crippen LogP contribution < -0.4 is 15.3 Å². The summed E-state index contributed by atoms with van der Waals surface area (Å²) in [6, 6.07) is 7.00. The van der Waals surface area contributed by atoms with Gasteiger partial charge in [0.1, 0.15) is 30.1 Å². The van der Waals surface area contributed by atoms with Crippen molar-refractivity contribution in [1.82, 2.24) is 24.6 Å². The number of nitrogen functional groups attached to an aromatic ring is 1. The Morgan fingerprint density at radius 3 is 2.63 bits per heavy atom. The first-order valence-electron chi connectivity index (χ1n) is 11.6. The van der Waals surface area contributed by atoms with E-state index in [1.165, 1.54) is 30.0 Å². The van der Waals surface area contributed by atoms with Crippen molar-refractivity contribution in [1.29, 1.82) is 0 Å². The number of para-hydroxylation sites is 1. The Labute approximate surface area is 216 Å². The Bertz CT molecular complexity index is 1330. The number of aliphatic hydroxyl groups is 2. The lowest BCUT2D eigenvalue weighted by atomic mass is 10.1. The number of carbonyl (C=O) groups excluding carboxylic acids is 1. The van der Waals surface area contributed by atoms with E-state index in [9.17, 15) is 24.0 Å². The molecule has 4 rings (SSSR count). The maximum absolute atomic E-state index is 13.8. The Morgan fingerprint density at radius 1 is 1.24 bits per heavy atom. The molecular formula is C22H28FN6O8P. The summed E-state index contributed by atoms with van der Waals surface area (Å²) in [6.07, 6.45) is -5.84. The average molecular weight is 554 g/mol. The van der Waals surface area contributed by atoms with E-state index in [1.54, 1.807) is 32.0 Å². The van der Waals surface area contributed by atoms with Crippen molar-refractivity contribution in [2.75, 3.05) is 12.3 Å². The molecule has 1 aliphatic heterocycles. The van der Waals surface area contributed by atoms with E-state index in [0.717, 1.165) is 0 Å². The highest BCUT2D eigenvalue weighted by atomic mass is 31.2. The summed E-state index contributed by atoms with van der Waals surface area (Å²) >= 11 is 0. The number of carbonyl (C=O) groups is 1. The molecule has 3 aromatic rings. The van der Waals surface area contributed by atoms with Crippen LogP contribution in [0.5, 0.6) is 5.75 Å². The third-order valence-electron chi connectivity index (χ3n) is 5.47. The van der Waals surface area contributed by atoms with Crippen LogP contribution in [0.4, 0.5) is 10.2 Å². The number of esters is 1. The van der Waals surface area contributed by atoms with Gasteiger partial charge in [-0.2, -0.15) is 19.4 Å². The van der Waals surface area contributed by atoms with Gasteiger partial charge in [-0.05, 0) is 32.9 Å². The second kappa shape index (κ2) is 11.3. The molecule has 14 nitrogen and oxygen atoms in total. The Balaban J connectivity index is 1.51. The van der Waals surface area contributed by atoms with Crippen molar-refractivity contribution in [3.63, 3.8) is 0 Å². The first-order chi connectivity index (χ1) is 18.0. The fourth-order valence-electron chi connectivity index (χ4n) is 3.70. The van der Waals surface area contributed by atoms with Crippen LogP contribution in [0.25, 0.3) is 11.2 Å². The van der Waals surface area contributed by atoms with Crippen LogP contribution in [0, 0.1) is 6.08 Å². The summed E-state index contributed by atoms with van der Waals surface area (Å²) < 4.78 is 50.6. The number of imidazole rings is 1. The number of aromatic nitrogens is 4. The number of fused-ring (bicyclic) bond motifs is 1. The number of halogens is 1. The molecule has 0 aliphatic carbocycles. The summed E-state index contributed by atoms with van der Waals surface area (Å²) in [6.45, 7) is 4.22. The Kier molecular flexibility index (Phi) is 8.25. The monoisotopic (exact) mass is 554 g/mol. The lowest BCUT2D eigenvalue weighted by Crippen LogP contribution is -2.38. The molecule has 1 saturated heterocycles. The fraction of sp³-hybridized carbons (Fsp3) is 0.455. The molecule has 206 valence electrons. The van der Waals surface area contributed by atoms with Crippen LogP contribution in [-0.2, 0) is 23.4 Å². The smallest absolute Gasteiger partial charge is 0.459 e. The number of benzene rings is 1. The number of anilines is 1. The molecule has 0 amide bonds. The number of nitrogens with one attached hydrogen (secondary N) is 1. The Hall–Kier alpha value is -3.20. The predicted octanol–water partition coefficient (Wildman–Crippen LogP) is 1.30. The summed E-state index contributed by atoms with van der Waals surface area (Å²) in [5.41, 5.74) is 5.69. The Morgan fingerprint density at radius 2 is 1.95 bits per heavy atom. The normalized spacial score (nSPS) is 23.9. The molecule has 0 saturated carbocycles. The molecule has 0 spiro atoms. The lowest BCUT2D eigenvalue weighted by Gasteiger charge is -2.25. The van der Waals surface area contributed by atoms with Crippen molar-refractivity contribution >= 4 is 30.7 Å². The number of nitrogens with zero attached hydrogens (tertiary/aromatic N) is 4. The quantitative estimate of drug-likeness (QED) is 0.159. The molecule has 6 atom stereocenters. The van der Waals surface area contributed by atoms with Crippen LogP contribution in [0.2, 0.25) is 0 Å². The van der Waals surface area contributed by atoms with Crippen LogP contribution in [-0.4, -0.2) is 72.8 Å². The molecule has 1 aliphatic rings. The van der Waals surface area contributed by atoms with Crippen molar-refractivity contribution in [2.45, 2.75) is 57.5 Å². The highest BCUT2D eigenvalue weighted by Crippen LogP contribution is 2.46. The van der Waals surface area contributed by atoms with Gasteiger partial charge >= 0.3 is 19.8 Å². The molecule has 3 heterocycles. The first-order valence-corrected chi connectivity index (χ1v) is 13.2. The van der Waals surface area contributed by atoms with Crippen LogP contribution in [0.1, 0.15) is 27.0 Å². The van der Waals surface area contributed by atoms with E-state index >= 15 is 0 Å².